The maximum Gasteiger partial charge on any atom is 0.269 e. The molecule has 1 unspecified atom stereocenters. The zero-order valence-corrected chi connectivity index (χ0v) is 22.7. The molecule has 0 fully saturated rings. The Balaban J connectivity index is 1.72. The van der Waals surface area contributed by atoms with Crippen LogP contribution in [0, 0.1) is 10.1 Å². The van der Waals surface area contributed by atoms with Gasteiger partial charge < -0.3 is 14.5 Å². The zero-order valence-electron chi connectivity index (χ0n) is 22.7. The number of quaternary nitrogens is 1. The SMILES string of the molecule is CC[N+](CC)(CC)CCCCCCN1c2ccccc2C(C)(C)C1/C=C/c1cc([N+](=O)[O-])ccc1[O-]. The van der Waals surface area contributed by atoms with E-state index in [-0.39, 0.29) is 22.9 Å². The van der Waals surface area contributed by atoms with E-state index in [1.807, 2.05) is 0 Å². The van der Waals surface area contributed by atoms with Gasteiger partial charge in [-0.05, 0) is 57.2 Å². The minimum atomic E-state index is -0.455. The molecule has 0 N–H and O–H groups in total. The number of anilines is 1. The number of nitro groups is 1. The lowest BCUT2D eigenvalue weighted by Crippen LogP contribution is -2.48. The highest BCUT2D eigenvalue weighted by Crippen LogP contribution is 2.46. The van der Waals surface area contributed by atoms with E-state index < -0.39 is 4.92 Å². The summed E-state index contributed by atoms with van der Waals surface area (Å²) < 4.78 is 1.21. The summed E-state index contributed by atoms with van der Waals surface area (Å²) in [6.07, 6.45) is 8.66. The molecule has 0 saturated heterocycles. The van der Waals surface area contributed by atoms with Gasteiger partial charge in [-0.3, -0.25) is 10.1 Å². The van der Waals surface area contributed by atoms with Crippen LogP contribution in [0.25, 0.3) is 6.08 Å². The monoisotopic (exact) mass is 493 g/mol. The molecule has 0 spiro atoms. The molecule has 1 atom stereocenters. The normalized spacial score (nSPS) is 17.0. The number of hydrogen-bond donors (Lipinski definition) is 0. The van der Waals surface area contributed by atoms with Crippen LogP contribution in [-0.2, 0) is 5.41 Å². The predicted molar refractivity (Wildman–Crippen MR) is 147 cm³/mol. The van der Waals surface area contributed by atoms with Crippen LogP contribution in [0.5, 0.6) is 5.75 Å². The van der Waals surface area contributed by atoms with Gasteiger partial charge in [0.15, 0.2) is 0 Å². The van der Waals surface area contributed by atoms with Gasteiger partial charge in [0.25, 0.3) is 5.69 Å². The smallest absolute Gasteiger partial charge is 0.269 e. The maximum absolute atomic E-state index is 12.4. The lowest BCUT2D eigenvalue weighted by atomic mass is 9.80. The van der Waals surface area contributed by atoms with Crippen LogP contribution in [0.4, 0.5) is 11.4 Å². The molecular weight excluding hydrogens is 450 g/mol. The van der Waals surface area contributed by atoms with Crippen LogP contribution in [0.2, 0.25) is 0 Å². The predicted octanol–water partition coefficient (Wildman–Crippen LogP) is 6.28. The molecule has 0 aliphatic carbocycles. The fraction of sp³-hybridized carbons (Fsp3) is 0.533. The van der Waals surface area contributed by atoms with Crippen LogP contribution in [0.3, 0.4) is 0 Å². The number of benzene rings is 2. The average Bonchev–Trinajstić information content (AvgIpc) is 3.09. The van der Waals surface area contributed by atoms with Crippen LogP contribution < -0.4 is 10.0 Å². The summed E-state index contributed by atoms with van der Waals surface area (Å²) in [5, 5.41) is 23.6. The van der Waals surface area contributed by atoms with Gasteiger partial charge >= 0.3 is 0 Å². The largest absolute Gasteiger partial charge is 0.872 e. The number of fused-ring (bicyclic) bond motifs is 1. The molecule has 0 radical (unpaired) electrons. The molecule has 1 aliphatic rings. The molecule has 0 bridgehead atoms. The van der Waals surface area contributed by atoms with Crippen molar-refractivity contribution in [3.63, 3.8) is 0 Å². The number of nitro benzene ring substituents is 1. The van der Waals surface area contributed by atoms with Crippen molar-refractivity contribution < 1.29 is 14.5 Å². The summed E-state index contributed by atoms with van der Waals surface area (Å²) in [7, 11) is 0. The Hall–Kier alpha value is -2.86. The molecule has 36 heavy (non-hydrogen) atoms. The Kier molecular flexibility index (Phi) is 9.18. The van der Waals surface area contributed by atoms with Gasteiger partial charge in [0.05, 0.1) is 37.1 Å². The van der Waals surface area contributed by atoms with Crippen LogP contribution in [0.1, 0.15) is 71.4 Å². The van der Waals surface area contributed by atoms with Gasteiger partial charge in [0, 0.05) is 29.8 Å². The fourth-order valence-corrected chi connectivity index (χ4v) is 5.77. The van der Waals surface area contributed by atoms with Gasteiger partial charge in [0.1, 0.15) is 0 Å². The number of non-ortho nitro benzene ring substituents is 1. The van der Waals surface area contributed by atoms with Crippen molar-refractivity contribution >= 4 is 17.5 Å². The number of hydrogen-bond acceptors (Lipinski definition) is 4. The summed E-state index contributed by atoms with van der Waals surface area (Å²) in [6.45, 7) is 17.2. The van der Waals surface area contributed by atoms with E-state index in [2.05, 4.69) is 69.9 Å². The molecule has 1 heterocycles. The topological polar surface area (TPSA) is 69.4 Å². The Labute approximate surface area is 217 Å². The first kappa shape index (κ1) is 27.7. The third-order valence-electron chi connectivity index (χ3n) is 8.44. The number of nitrogens with zero attached hydrogens (tertiary/aromatic N) is 3. The van der Waals surface area contributed by atoms with Crippen LogP contribution in [0.15, 0.2) is 48.5 Å². The third kappa shape index (κ3) is 5.92. The summed E-state index contributed by atoms with van der Waals surface area (Å²) in [4.78, 5) is 13.2. The molecule has 196 valence electrons. The van der Waals surface area contributed by atoms with E-state index in [1.54, 1.807) is 6.08 Å². The van der Waals surface area contributed by atoms with E-state index >= 15 is 0 Å². The second-order valence-corrected chi connectivity index (χ2v) is 10.6. The van der Waals surface area contributed by atoms with Gasteiger partial charge in [-0.1, -0.05) is 56.7 Å². The number of unbranched alkanes of at least 4 members (excludes halogenated alkanes) is 3. The molecule has 0 amide bonds. The highest BCUT2D eigenvalue weighted by atomic mass is 16.6. The molecule has 2 aromatic rings. The van der Waals surface area contributed by atoms with Crippen molar-refractivity contribution in [3.8, 4) is 5.75 Å². The van der Waals surface area contributed by atoms with Crippen LogP contribution >= 0.6 is 0 Å². The Morgan fingerprint density at radius 3 is 2.33 bits per heavy atom. The van der Waals surface area contributed by atoms with Crippen molar-refractivity contribution in [2.45, 2.75) is 71.8 Å². The Morgan fingerprint density at radius 2 is 1.67 bits per heavy atom. The van der Waals surface area contributed by atoms with Gasteiger partial charge in [-0.15, -0.1) is 5.75 Å². The third-order valence-corrected chi connectivity index (χ3v) is 8.44. The first-order valence-electron chi connectivity index (χ1n) is 13.5. The number of para-hydroxylation sites is 1. The summed E-state index contributed by atoms with van der Waals surface area (Å²) in [6, 6.07) is 12.5. The van der Waals surface area contributed by atoms with E-state index in [9.17, 15) is 15.2 Å². The molecule has 6 nitrogen and oxygen atoms in total. The van der Waals surface area contributed by atoms with Crippen LogP contribution in [-0.4, -0.2) is 48.2 Å². The second kappa shape index (κ2) is 11.9. The molecule has 3 rings (SSSR count). The van der Waals surface area contributed by atoms with Gasteiger partial charge in [-0.2, -0.15) is 0 Å². The van der Waals surface area contributed by atoms with Gasteiger partial charge in [0.2, 0.25) is 0 Å². The molecule has 1 aliphatic heterocycles. The minimum absolute atomic E-state index is 0.0584. The summed E-state index contributed by atoms with van der Waals surface area (Å²) in [5.74, 6) is -0.197. The Bertz CT molecular complexity index is 1050. The molecule has 6 heteroatoms. The fourth-order valence-electron chi connectivity index (χ4n) is 5.77. The first-order valence-corrected chi connectivity index (χ1v) is 13.5. The standard InChI is InChI=1S/C30H43N3O3/c1-6-33(7-2,8-3)22-14-10-9-13-21-31-27-16-12-11-15-26(27)30(4,5)29(31)20-17-24-23-25(32(35)36)18-19-28(24)34/h11-12,15-20,23,29H,6-10,13-14,21-22H2,1-5H3/b20-17+. The van der Waals surface area contributed by atoms with Crippen molar-refractivity contribution in [2.24, 2.45) is 0 Å². The summed E-state index contributed by atoms with van der Waals surface area (Å²) >= 11 is 0. The lowest BCUT2D eigenvalue weighted by Gasteiger charge is -2.36. The molecule has 0 saturated carbocycles. The van der Waals surface area contributed by atoms with E-state index in [4.69, 9.17) is 0 Å². The maximum atomic E-state index is 12.4. The Morgan fingerprint density at radius 1 is 1.00 bits per heavy atom. The lowest BCUT2D eigenvalue weighted by molar-refractivity contribution is -0.923. The summed E-state index contributed by atoms with van der Waals surface area (Å²) in [5.41, 5.74) is 2.71. The molecular formula is C30H43N3O3. The van der Waals surface area contributed by atoms with E-state index in [1.165, 1.54) is 79.4 Å². The van der Waals surface area contributed by atoms with E-state index in [0.717, 1.165) is 13.0 Å². The second-order valence-electron chi connectivity index (χ2n) is 10.6. The highest BCUT2D eigenvalue weighted by Gasteiger charge is 2.42. The average molecular weight is 494 g/mol. The van der Waals surface area contributed by atoms with Crippen molar-refractivity contribution in [1.29, 1.82) is 0 Å². The first-order chi connectivity index (χ1) is 17.2. The highest BCUT2D eigenvalue weighted by molar-refractivity contribution is 5.68. The molecule has 2 aromatic carbocycles. The molecule has 0 aromatic heterocycles. The quantitative estimate of drug-likeness (QED) is 0.142. The van der Waals surface area contributed by atoms with Crippen molar-refractivity contribution in [3.05, 3.63) is 69.8 Å². The number of rotatable bonds is 13. The van der Waals surface area contributed by atoms with E-state index in [0.29, 0.717) is 5.56 Å². The zero-order chi connectivity index (χ0) is 26.3. The van der Waals surface area contributed by atoms with Crippen molar-refractivity contribution in [1.82, 2.24) is 0 Å². The van der Waals surface area contributed by atoms with Crippen molar-refractivity contribution in [2.75, 3.05) is 37.6 Å². The van der Waals surface area contributed by atoms with Gasteiger partial charge in [-0.25, -0.2) is 0 Å². The minimum Gasteiger partial charge on any atom is -0.872 e.